The third-order valence-electron chi connectivity index (χ3n) is 14.7. The molecule has 13 rings (SSSR count). The summed E-state index contributed by atoms with van der Waals surface area (Å²) in [5.41, 5.74) is 24.7. The third-order valence-corrected chi connectivity index (χ3v) is 14.7. The zero-order chi connectivity index (χ0) is 51.3. The van der Waals surface area contributed by atoms with Gasteiger partial charge in [0.25, 0.3) is 0 Å². The Labute approximate surface area is 441 Å². The van der Waals surface area contributed by atoms with E-state index < -0.39 is 0 Å². The number of aromatic amines is 2. The maximum Gasteiger partial charge on any atom is 0.169 e. The predicted molar refractivity (Wildman–Crippen MR) is 307 cm³/mol. The number of pyridine rings is 4. The van der Waals surface area contributed by atoms with Crippen molar-refractivity contribution >= 4 is 46.4 Å². The maximum atomic E-state index is 5.59. The molecule has 7 aromatic heterocycles. The average molecular weight is 983 g/mol. The molecule has 362 valence electrons. The Morgan fingerprint density at radius 2 is 0.421 bits per heavy atom. The van der Waals surface area contributed by atoms with Crippen molar-refractivity contribution in [2.45, 2.75) is 0 Å². The topological polar surface area (TPSA) is 72.9 Å². The number of aryl methyl sites for hydroxylation is 4. The van der Waals surface area contributed by atoms with Crippen LogP contribution in [0.3, 0.4) is 0 Å². The highest BCUT2D eigenvalue weighted by molar-refractivity contribution is 6.01. The molecule has 0 saturated heterocycles. The summed E-state index contributed by atoms with van der Waals surface area (Å²) in [6.45, 7) is 0. The van der Waals surface area contributed by atoms with E-state index in [2.05, 4.69) is 272 Å². The van der Waals surface area contributed by atoms with Gasteiger partial charge in [-0.25, -0.2) is 28.2 Å². The van der Waals surface area contributed by atoms with Crippen LogP contribution in [0.25, 0.3) is 135 Å². The molecule has 0 atom stereocenters. The second kappa shape index (κ2) is 19.2. The molecule has 9 heterocycles. The molecule has 2 aliphatic rings. The van der Waals surface area contributed by atoms with Crippen LogP contribution in [0.5, 0.6) is 0 Å². The van der Waals surface area contributed by atoms with Crippen molar-refractivity contribution in [2.75, 3.05) is 0 Å². The minimum Gasteiger partial charge on any atom is -0.354 e. The number of rotatable bonds is 8. The molecule has 8 bridgehead atoms. The lowest BCUT2D eigenvalue weighted by Crippen LogP contribution is -2.25. The fourth-order valence-electron chi connectivity index (χ4n) is 10.5. The van der Waals surface area contributed by atoms with Gasteiger partial charge in [0.15, 0.2) is 49.6 Å². The summed E-state index contributed by atoms with van der Waals surface area (Å²) in [6, 6.07) is 61.5. The monoisotopic (exact) mass is 982 g/mol. The highest BCUT2D eigenvalue weighted by Crippen LogP contribution is 2.40. The van der Waals surface area contributed by atoms with Crippen LogP contribution in [0.1, 0.15) is 22.8 Å². The van der Waals surface area contributed by atoms with Gasteiger partial charge in [-0.15, -0.1) is 0 Å². The van der Waals surface area contributed by atoms with Crippen molar-refractivity contribution in [3.8, 4) is 89.0 Å². The number of aromatic nitrogens is 8. The molecule has 4 aromatic carbocycles. The average Bonchev–Trinajstić information content (AvgIpc) is 4.33. The van der Waals surface area contributed by atoms with Gasteiger partial charge in [-0.05, 0) is 115 Å². The third kappa shape index (κ3) is 8.81. The number of fused-ring (bicyclic) bond motifs is 8. The van der Waals surface area contributed by atoms with E-state index in [4.69, 9.17) is 9.97 Å². The fourth-order valence-corrected chi connectivity index (χ4v) is 10.5. The second-order valence-corrected chi connectivity index (χ2v) is 19.8. The summed E-state index contributed by atoms with van der Waals surface area (Å²) >= 11 is 0. The van der Waals surface area contributed by atoms with Gasteiger partial charge in [0.1, 0.15) is 28.2 Å². The van der Waals surface area contributed by atoms with Crippen LogP contribution in [0.15, 0.2) is 219 Å². The van der Waals surface area contributed by atoms with Crippen molar-refractivity contribution < 1.29 is 18.3 Å². The van der Waals surface area contributed by atoms with Crippen LogP contribution < -0.4 is 18.3 Å². The van der Waals surface area contributed by atoms with Gasteiger partial charge in [-0.1, -0.05) is 97.1 Å². The summed E-state index contributed by atoms with van der Waals surface area (Å²) in [6.07, 6.45) is 25.3. The first-order valence-corrected chi connectivity index (χ1v) is 25.7. The molecule has 0 saturated carbocycles. The summed E-state index contributed by atoms with van der Waals surface area (Å²) in [7, 11) is 8.17. The highest BCUT2D eigenvalue weighted by atomic mass is 14.9. The van der Waals surface area contributed by atoms with Crippen LogP contribution in [0, 0.1) is 0 Å². The smallest absolute Gasteiger partial charge is 0.169 e. The SMILES string of the molecule is C[n+]1ccc(-c2ccc(-c3c4nc(c(-c5ccc(-c6cc[n+](C)cc6)cc5)c5ccc([nH]5)c(-c5ccc(-c6cc[n+](C)cc6)cc5)c5ccc([nH]5)c(-c5ccc(-c6cc[n+](C)cc6)cc5)c5nc3C=C5)C=C4)cc2)cc1. The maximum absolute atomic E-state index is 5.59. The Balaban J connectivity index is 1.08. The van der Waals surface area contributed by atoms with Crippen molar-refractivity contribution in [2.24, 2.45) is 28.2 Å². The molecule has 0 fully saturated rings. The van der Waals surface area contributed by atoms with E-state index in [9.17, 15) is 0 Å². The molecule has 76 heavy (non-hydrogen) atoms. The van der Waals surface area contributed by atoms with E-state index >= 15 is 0 Å². The van der Waals surface area contributed by atoms with Crippen LogP contribution >= 0.6 is 0 Å². The molecule has 0 spiro atoms. The van der Waals surface area contributed by atoms with Crippen LogP contribution in [0.4, 0.5) is 0 Å². The lowest BCUT2D eigenvalue weighted by atomic mass is 9.98. The lowest BCUT2D eigenvalue weighted by molar-refractivity contribution is -0.671. The van der Waals surface area contributed by atoms with E-state index in [0.29, 0.717) is 0 Å². The van der Waals surface area contributed by atoms with Crippen LogP contribution in [0.2, 0.25) is 0 Å². The van der Waals surface area contributed by atoms with Gasteiger partial charge in [-0.2, -0.15) is 0 Å². The first-order valence-electron chi connectivity index (χ1n) is 25.7. The van der Waals surface area contributed by atoms with Gasteiger partial charge in [0.05, 0.1) is 22.8 Å². The molecule has 8 nitrogen and oxygen atoms in total. The standard InChI is InChI=1S/C68H53N8/c1-73-37-29-49(30-38-73)45-5-13-53(14-6-45)65-57-21-23-59(69-57)66(54-15-7-46(8-16-54)50-31-39-74(2)40-32-50)61-25-27-63(71-61)68(56-19-11-48(12-20-56)52-35-43-76(4)44-36-52)64-28-26-62(72-64)67(60-24-22-58(65)70-60)55-17-9-47(10-18-55)51-33-41-75(3)42-34-51/h5-44H,1-4H3,(H,69,70,71,72)/q+3/p+1. The number of benzene rings is 4. The first-order chi connectivity index (χ1) is 37.2. The molecule has 11 aromatic rings. The Kier molecular flexibility index (Phi) is 11.6. The van der Waals surface area contributed by atoms with Crippen LogP contribution in [-0.2, 0) is 28.2 Å². The van der Waals surface area contributed by atoms with E-state index in [1.54, 1.807) is 0 Å². The largest absolute Gasteiger partial charge is 0.354 e. The summed E-state index contributed by atoms with van der Waals surface area (Å²) in [5, 5.41) is 0. The van der Waals surface area contributed by atoms with E-state index in [1.807, 2.05) is 28.2 Å². The predicted octanol–water partition coefficient (Wildman–Crippen LogP) is 13.3. The van der Waals surface area contributed by atoms with Gasteiger partial charge in [-0.3, -0.25) is 0 Å². The zero-order valence-electron chi connectivity index (χ0n) is 42.8. The Bertz CT molecular complexity index is 4040. The highest BCUT2D eigenvalue weighted by Gasteiger charge is 2.21. The minimum absolute atomic E-state index is 0.841. The number of H-pyrrole nitrogens is 2. The van der Waals surface area contributed by atoms with E-state index in [0.717, 1.165) is 134 Å². The molecule has 0 unspecified atom stereocenters. The van der Waals surface area contributed by atoms with Crippen molar-refractivity contribution in [3.05, 3.63) is 242 Å². The number of nitrogens with one attached hydrogen (secondary N) is 2. The number of hydrogen-bond donors (Lipinski definition) is 2. The molecule has 8 heteroatoms. The van der Waals surface area contributed by atoms with Gasteiger partial charge in [0.2, 0.25) is 0 Å². The Morgan fingerprint density at radius 1 is 0.224 bits per heavy atom. The quantitative estimate of drug-likeness (QED) is 0.149. The van der Waals surface area contributed by atoms with Crippen molar-refractivity contribution in [1.29, 1.82) is 0 Å². The molecule has 2 N–H and O–H groups in total. The minimum atomic E-state index is 0.841. The van der Waals surface area contributed by atoms with Gasteiger partial charge >= 0.3 is 0 Å². The normalized spacial score (nSPS) is 11.8. The summed E-state index contributed by atoms with van der Waals surface area (Å²) in [5.74, 6) is 0. The fraction of sp³-hybridized carbons (Fsp3) is 0.0588. The molecular weight excluding hydrogens is 929 g/mol. The Morgan fingerprint density at radius 3 is 0.697 bits per heavy atom. The van der Waals surface area contributed by atoms with Gasteiger partial charge in [0, 0.05) is 92.9 Å². The first kappa shape index (κ1) is 45.9. The lowest BCUT2D eigenvalue weighted by Gasteiger charge is -2.09. The summed E-state index contributed by atoms with van der Waals surface area (Å²) in [4.78, 5) is 19.1. The molecule has 2 aliphatic heterocycles. The van der Waals surface area contributed by atoms with Crippen LogP contribution in [-0.4, -0.2) is 19.9 Å². The number of nitrogens with zero attached hydrogens (tertiary/aromatic N) is 6. The zero-order valence-corrected chi connectivity index (χ0v) is 42.8. The molecule has 0 radical (unpaired) electrons. The van der Waals surface area contributed by atoms with E-state index in [-0.39, 0.29) is 0 Å². The van der Waals surface area contributed by atoms with Gasteiger partial charge < -0.3 is 9.97 Å². The molecule has 0 aliphatic carbocycles. The summed E-state index contributed by atoms with van der Waals surface area (Å²) < 4.78 is 8.23. The molecular formula is C68H54N8+4. The second-order valence-electron chi connectivity index (χ2n) is 19.8. The Hall–Kier alpha value is -9.92. The number of hydrogen-bond acceptors (Lipinski definition) is 2. The van der Waals surface area contributed by atoms with Crippen molar-refractivity contribution in [3.63, 3.8) is 0 Å². The van der Waals surface area contributed by atoms with Crippen molar-refractivity contribution in [1.82, 2.24) is 19.9 Å². The molecule has 0 amide bonds. The van der Waals surface area contributed by atoms with E-state index in [1.165, 1.54) is 0 Å².